The molecule has 1 heterocycles. The van der Waals surface area contributed by atoms with Crippen LogP contribution in [-0.2, 0) is 28.5 Å². The molecule has 2 unspecified atom stereocenters. The predicted molar refractivity (Wildman–Crippen MR) is 206 cm³/mol. The highest BCUT2D eigenvalue weighted by atomic mass is 16.7. The van der Waals surface area contributed by atoms with Gasteiger partial charge in [0.1, 0.15) is 31.0 Å². The molecule has 10 nitrogen and oxygen atoms in total. The quantitative estimate of drug-likeness (QED) is 0.0289. The van der Waals surface area contributed by atoms with Gasteiger partial charge in [-0.15, -0.1) is 0 Å². The van der Waals surface area contributed by atoms with Crippen molar-refractivity contribution in [1.29, 1.82) is 0 Å². The van der Waals surface area contributed by atoms with E-state index in [1.807, 2.05) is 6.08 Å². The van der Waals surface area contributed by atoms with Gasteiger partial charge in [0.25, 0.3) is 0 Å². The van der Waals surface area contributed by atoms with E-state index in [1.165, 1.54) is 83.5 Å². The minimum atomic E-state index is -1.60. The van der Waals surface area contributed by atoms with E-state index < -0.39 is 55.4 Å². The summed E-state index contributed by atoms with van der Waals surface area (Å²) in [6, 6.07) is 0. The lowest BCUT2D eigenvalue weighted by molar-refractivity contribution is -0.305. The van der Waals surface area contributed by atoms with Crippen molar-refractivity contribution in [3.8, 4) is 0 Å². The second-order valence-corrected chi connectivity index (χ2v) is 14.4. The van der Waals surface area contributed by atoms with Gasteiger partial charge in [-0.25, -0.2) is 0 Å². The number of aliphatic hydroxyl groups excluding tert-OH is 4. The van der Waals surface area contributed by atoms with Gasteiger partial charge in [-0.05, 0) is 51.4 Å². The van der Waals surface area contributed by atoms with Crippen molar-refractivity contribution in [2.24, 2.45) is 0 Å². The number of allylic oxidation sites excluding steroid dienone is 4. The number of carbonyl (C=O) groups is 2. The van der Waals surface area contributed by atoms with Crippen LogP contribution in [0.5, 0.6) is 0 Å². The maximum Gasteiger partial charge on any atom is 0.306 e. The predicted octanol–water partition coefficient (Wildman–Crippen LogP) is 8.16. The molecular formula is C42H76O10. The topological polar surface area (TPSA) is 152 Å². The van der Waals surface area contributed by atoms with E-state index in [0.29, 0.717) is 12.8 Å². The Morgan fingerprint density at radius 3 is 1.62 bits per heavy atom. The normalized spacial score (nSPS) is 21.2. The third-order valence-electron chi connectivity index (χ3n) is 9.57. The fraction of sp³-hybridized carbons (Fsp3) is 0.857. The maximum absolute atomic E-state index is 12.7. The molecule has 1 aliphatic heterocycles. The first-order valence-corrected chi connectivity index (χ1v) is 20.9. The molecule has 0 aliphatic carbocycles. The van der Waals surface area contributed by atoms with Gasteiger partial charge in [0.05, 0.1) is 13.2 Å². The highest BCUT2D eigenvalue weighted by molar-refractivity contribution is 5.70. The van der Waals surface area contributed by atoms with Gasteiger partial charge in [-0.3, -0.25) is 9.59 Å². The first kappa shape index (κ1) is 48.2. The van der Waals surface area contributed by atoms with Crippen LogP contribution in [0, 0.1) is 0 Å². The summed E-state index contributed by atoms with van der Waals surface area (Å²) in [6.45, 7) is 3.34. The Balaban J connectivity index is 2.38. The summed E-state index contributed by atoms with van der Waals surface area (Å²) in [5.41, 5.74) is 0. The number of aliphatic hydroxyl groups is 4. The Morgan fingerprint density at radius 2 is 1.06 bits per heavy atom. The highest BCUT2D eigenvalue weighted by Gasteiger charge is 2.44. The third-order valence-corrected chi connectivity index (χ3v) is 9.57. The van der Waals surface area contributed by atoms with Crippen molar-refractivity contribution in [1.82, 2.24) is 0 Å². The summed E-state index contributed by atoms with van der Waals surface area (Å²) in [7, 11) is 0. The van der Waals surface area contributed by atoms with Crippen LogP contribution in [0.4, 0.5) is 0 Å². The Hall–Kier alpha value is -1.82. The van der Waals surface area contributed by atoms with Crippen LogP contribution >= 0.6 is 0 Å². The number of rotatable bonds is 34. The first-order chi connectivity index (χ1) is 25.3. The van der Waals surface area contributed by atoms with Gasteiger partial charge in [0.15, 0.2) is 12.4 Å². The Labute approximate surface area is 315 Å². The zero-order chi connectivity index (χ0) is 38.1. The number of hydrogen-bond donors (Lipinski definition) is 4. The number of ether oxygens (including phenoxy) is 4. The van der Waals surface area contributed by atoms with Crippen molar-refractivity contribution in [2.45, 2.75) is 211 Å². The summed E-state index contributed by atoms with van der Waals surface area (Å²) < 4.78 is 22.0. The average molecular weight is 741 g/mol. The monoisotopic (exact) mass is 741 g/mol. The number of unbranched alkanes of at least 4 members (excludes halogenated alkanes) is 19. The van der Waals surface area contributed by atoms with E-state index in [4.69, 9.17) is 18.9 Å². The lowest BCUT2D eigenvalue weighted by Gasteiger charge is -2.39. The lowest BCUT2D eigenvalue weighted by atomic mass is 9.99. The molecule has 1 aliphatic rings. The van der Waals surface area contributed by atoms with Gasteiger partial charge >= 0.3 is 11.9 Å². The fourth-order valence-corrected chi connectivity index (χ4v) is 6.20. The molecular weight excluding hydrogens is 664 g/mol. The van der Waals surface area contributed by atoms with E-state index in [-0.39, 0.29) is 26.1 Å². The van der Waals surface area contributed by atoms with Crippen molar-refractivity contribution in [2.75, 3.05) is 19.8 Å². The molecule has 4 N–H and O–H groups in total. The molecule has 304 valence electrons. The zero-order valence-electron chi connectivity index (χ0n) is 32.8. The zero-order valence-corrected chi connectivity index (χ0v) is 32.8. The molecule has 0 aromatic carbocycles. The molecule has 0 spiro atoms. The number of esters is 2. The molecule has 0 aromatic rings. The second-order valence-electron chi connectivity index (χ2n) is 14.4. The summed E-state index contributed by atoms with van der Waals surface area (Å²) in [6.07, 6.45) is 27.7. The summed E-state index contributed by atoms with van der Waals surface area (Å²) >= 11 is 0. The lowest BCUT2D eigenvalue weighted by Crippen LogP contribution is -2.59. The number of carbonyl (C=O) groups excluding carboxylic acids is 2. The fourth-order valence-electron chi connectivity index (χ4n) is 6.20. The minimum Gasteiger partial charge on any atom is -0.462 e. The van der Waals surface area contributed by atoms with E-state index in [2.05, 4.69) is 32.1 Å². The Bertz CT molecular complexity index is 907. The van der Waals surface area contributed by atoms with E-state index in [0.717, 1.165) is 51.4 Å². The van der Waals surface area contributed by atoms with Crippen LogP contribution in [0.3, 0.4) is 0 Å². The molecule has 10 heteroatoms. The van der Waals surface area contributed by atoms with Crippen LogP contribution in [0.1, 0.15) is 174 Å². The Morgan fingerprint density at radius 1 is 0.577 bits per heavy atom. The largest absolute Gasteiger partial charge is 0.462 e. The molecule has 0 radical (unpaired) electrons. The van der Waals surface area contributed by atoms with Gasteiger partial charge in [-0.1, -0.05) is 134 Å². The number of hydrogen-bond acceptors (Lipinski definition) is 10. The molecule has 52 heavy (non-hydrogen) atoms. The van der Waals surface area contributed by atoms with Gasteiger partial charge in [0, 0.05) is 12.8 Å². The van der Waals surface area contributed by atoms with Crippen LogP contribution in [0.15, 0.2) is 24.3 Å². The second kappa shape index (κ2) is 33.7. The molecule has 1 rings (SSSR count). The van der Waals surface area contributed by atoms with E-state index in [9.17, 15) is 30.0 Å². The molecule has 0 saturated carbocycles. The van der Waals surface area contributed by atoms with Crippen molar-refractivity contribution in [3.05, 3.63) is 24.3 Å². The van der Waals surface area contributed by atoms with E-state index >= 15 is 0 Å². The summed E-state index contributed by atoms with van der Waals surface area (Å²) in [4.78, 5) is 25.2. The van der Waals surface area contributed by atoms with Crippen LogP contribution in [0.25, 0.3) is 0 Å². The average Bonchev–Trinajstić information content (AvgIpc) is 3.14. The smallest absolute Gasteiger partial charge is 0.306 e. The third kappa shape index (κ3) is 25.2. The van der Waals surface area contributed by atoms with Crippen LogP contribution in [-0.4, -0.2) is 89.0 Å². The molecule has 0 aromatic heterocycles. The van der Waals surface area contributed by atoms with E-state index in [1.54, 1.807) is 0 Å². The molecule has 6 atom stereocenters. The highest BCUT2D eigenvalue weighted by Crippen LogP contribution is 2.22. The molecule has 0 bridgehead atoms. The summed E-state index contributed by atoms with van der Waals surface area (Å²) in [5.74, 6) is -0.872. The summed E-state index contributed by atoms with van der Waals surface area (Å²) in [5, 5.41) is 39.9. The van der Waals surface area contributed by atoms with Gasteiger partial charge in [-0.2, -0.15) is 0 Å². The Kier molecular flexibility index (Phi) is 31.3. The molecule has 1 saturated heterocycles. The molecule has 0 amide bonds. The first-order valence-electron chi connectivity index (χ1n) is 20.9. The maximum atomic E-state index is 12.7. The standard InChI is InChI=1S/C42H76O10/c1-3-5-7-9-11-13-15-17-18-19-21-22-24-26-28-30-37(44)49-33-35(34-50-42-41(48)40(47)39(46)36(32-43)52-42)51-38(45)31-29-27-25-23-20-16-14-12-10-8-6-4-2/h12,14,24,26,35-36,39-43,46-48H,3-11,13,15-23,25,27-34H2,1-2H3/b14-12+,26-24+/t35-,36-,39+,40?,41?,42-/m0/s1. The van der Waals surface area contributed by atoms with Crippen molar-refractivity contribution < 1.29 is 49.0 Å². The van der Waals surface area contributed by atoms with Crippen LogP contribution in [0.2, 0.25) is 0 Å². The van der Waals surface area contributed by atoms with Crippen LogP contribution < -0.4 is 0 Å². The molecule has 1 fully saturated rings. The van der Waals surface area contributed by atoms with Gasteiger partial charge in [0.2, 0.25) is 0 Å². The SMILES string of the molecule is CCCCC/C=C/CCCCCCCC(=O)O[C@@H](COC(=O)CC/C=C/CCCCCCCCCCCCC)CO[C@H]1O[C@@H](CO)[C@@H](O)C(O)C1O. The van der Waals surface area contributed by atoms with Crippen molar-refractivity contribution in [3.63, 3.8) is 0 Å². The van der Waals surface area contributed by atoms with Gasteiger partial charge < -0.3 is 39.4 Å². The van der Waals surface area contributed by atoms with Crippen molar-refractivity contribution >= 4 is 11.9 Å². The minimum absolute atomic E-state index is 0.192.